The number of rotatable bonds is 8. The minimum Gasteiger partial charge on any atom is -0.378 e. The Kier molecular flexibility index (Phi) is 7.89. The summed E-state index contributed by atoms with van der Waals surface area (Å²) in [6.07, 6.45) is 3.33. The number of carbonyl (C=O) groups is 1. The topological polar surface area (TPSA) is 96.7 Å². The first-order valence-corrected chi connectivity index (χ1v) is 15.2. The Balaban J connectivity index is 1.14. The van der Waals surface area contributed by atoms with E-state index in [0.717, 1.165) is 72.1 Å². The van der Waals surface area contributed by atoms with Crippen LogP contribution in [0.4, 0.5) is 31.8 Å². The second-order valence-corrected chi connectivity index (χ2v) is 11.3. The molecule has 0 unspecified atom stereocenters. The van der Waals surface area contributed by atoms with Crippen molar-refractivity contribution < 1.29 is 18.3 Å². The van der Waals surface area contributed by atoms with Gasteiger partial charge in [-0.25, -0.2) is 23.7 Å². The minimum atomic E-state index is -0.633. The van der Waals surface area contributed by atoms with Crippen molar-refractivity contribution in [1.29, 1.82) is 0 Å². The van der Waals surface area contributed by atoms with Crippen molar-refractivity contribution in [2.45, 2.75) is 6.42 Å². The highest BCUT2D eigenvalue weighted by Crippen LogP contribution is 2.35. The largest absolute Gasteiger partial charge is 0.378 e. The average Bonchev–Trinajstić information content (AvgIpc) is 3.66. The van der Waals surface area contributed by atoms with E-state index in [1.807, 2.05) is 40.2 Å². The van der Waals surface area contributed by atoms with Crippen LogP contribution in [0.1, 0.15) is 5.56 Å². The summed E-state index contributed by atoms with van der Waals surface area (Å²) in [6, 6.07) is 20.3. The van der Waals surface area contributed by atoms with E-state index < -0.39 is 17.5 Å². The SMILES string of the molecule is O=C(Cc1cc(F)ccc1F)Nc1cccc(-c2nc3sccn3c2-c2ccnc(Nc3ccc(N4CCOCC4)cc3)n2)c1. The minimum absolute atomic E-state index is 0.0125. The lowest BCUT2D eigenvalue weighted by Gasteiger charge is -2.28. The number of imidazole rings is 1. The van der Waals surface area contributed by atoms with Gasteiger partial charge in [0.2, 0.25) is 11.9 Å². The highest BCUT2D eigenvalue weighted by atomic mass is 32.1. The lowest BCUT2D eigenvalue weighted by molar-refractivity contribution is -0.115. The van der Waals surface area contributed by atoms with E-state index in [9.17, 15) is 13.6 Å². The summed E-state index contributed by atoms with van der Waals surface area (Å²) < 4.78 is 35.1. The molecule has 0 spiro atoms. The molecule has 226 valence electrons. The van der Waals surface area contributed by atoms with E-state index in [1.165, 1.54) is 11.3 Å². The summed E-state index contributed by atoms with van der Waals surface area (Å²) in [4.78, 5) is 29.9. The number of thiazole rings is 1. The van der Waals surface area contributed by atoms with E-state index >= 15 is 0 Å². The Hall–Kier alpha value is -5.20. The molecule has 2 N–H and O–H groups in total. The van der Waals surface area contributed by atoms with Crippen molar-refractivity contribution >= 4 is 45.2 Å². The number of halogens is 2. The van der Waals surface area contributed by atoms with Crippen LogP contribution in [0.15, 0.2) is 90.6 Å². The first-order chi connectivity index (χ1) is 22.0. The molecule has 1 saturated heterocycles. The maximum Gasteiger partial charge on any atom is 0.228 e. The molecule has 3 aromatic heterocycles. The third-order valence-corrected chi connectivity index (χ3v) is 8.20. The molecule has 3 aromatic carbocycles. The molecule has 12 heteroatoms. The second-order valence-electron chi connectivity index (χ2n) is 10.4. The number of ether oxygens (including phenoxy) is 1. The van der Waals surface area contributed by atoms with Gasteiger partial charge in [-0.1, -0.05) is 12.1 Å². The predicted molar refractivity (Wildman–Crippen MR) is 171 cm³/mol. The predicted octanol–water partition coefficient (Wildman–Crippen LogP) is 6.56. The van der Waals surface area contributed by atoms with Crippen LogP contribution >= 0.6 is 11.3 Å². The van der Waals surface area contributed by atoms with Crippen molar-refractivity contribution in [3.8, 4) is 22.6 Å². The zero-order valence-electron chi connectivity index (χ0n) is 23.9. The number of carbonyl (C=O) groups excluding carboxylic acids is 1. The monoisotopic (exact) mass is 623 g/mol. The summed E-state index contributed by atoms with van der Waals surface area (Å²) in [7, 11) is 0. The maximum atomic E-state index is 14.1. The maximum absolute atomic E-state index is 14.1. The van der Waals surface area contributed by atoms with Crippen LogP contribution in [0, 0.1) is 11.6 Å². The van der Waals surface area contributed by atoms with Crippen molar-refractivity contribution in [1.82, 2.24) is 19.4 Å². The van der Waals surface area contributed by atoms with E-state index in [1.54, 1.807) is 24.4 Å². The van der Waals surface area contributed by atoms with Crippen LogP contribution in [-0.4, -0.2) is 51.6 Å². The van der Waals surface area contributed by atoms with Gasteiger partial charge in [-0.3, -0.25) is 9.20 Å². The van der Waals surface area contributed by atoms with Crippen LogP contribution in [0.3, 0.4) is 0 Å². The number of aromatic nitrogens is 4. The number of hydrogen-bond donors (Lipinski definition) is 2. The fourth-order valence-electron chi connectivity index (χ4n) is 5.29. The molecular formula is C33H27F2N7O2S. The molecule has 1 amide bonds. The van der Waals surface area contributed by atoms with Gasteiger partial charge in [-0.05, 0) is 60.7 Å². The van der Waals surface area contributed by atoms with E-state index in [4.69, 9.17) is 14.7 Å². The van der Waals surface area contributed by atoms with Crippen molar-refractivity contribution in [2.75, 3.05) is 41.8 Å². The Labute approximate surface area is 261 Å². The van der Waals surface area contributed by atoms with Crippen molar-refractivity contribution in [2.24, 2.45) is 0 Å². The Morgan fingerprint density at radius 2 is 1.80 bits per heavy atom. The van der Waals surface area contributed by atoms with Crippen molar-refractivity contribution in [3.05, 3.63) is 108 Å². The number of morpholine rings is 1. The summed E-state index contributed by atoms with van der Waals surface area (Å²) >= 11 is 1.50. The van der Waals surface area contributed by atoms with Gasteiger partial charge in [0.25, 0.3) is 0 Å². The molecule has 0 atom stereocenters. The fraction of sp³-hybridized carbons (Fsp3) is 0.152. The number of amides is 1. The average molecular weight is 624 g/mol. The summed E-state index contributed by atoms with van der Waals surface area (Å²) in [5, 5.41) is 8.05. The number of hydrogen-bond acceptors (Lipinski definition) is 8. The molecule has 1 aliphatic heterocycles. The Bertz CT molecular complexity index is 1990. The molecule has 4 heterocycles. The number of fused-ring (bicyclic) bond motifs is 1. The van der Waals surface area contributed by atoms with E-state index in [-0.39, 0.29) is 12.0 Å². The zero-order chi connectivity index (χ0) is 30.8. The van der Waals surface area contributed by atoms with Crippen LogP contribution in [-0.2, 0) is 16.0 Å². The molecule has 7 rings (SSSR count). The summed E-state index contributed by atoms with van der Waals surface area (Å²) in [5.74, 6) is -1.26. The second kappa shape index (κ2) is 12.4. The first kappa shape index (κ1) is 28.6. The van der Waals surface area contributed by atoms with Gasteiger partial charge in [0, 0.05) is 59.1 Å². The summed E-state index contributed by atoms with van der Waals surface area (Å²) in [6.45, 7) is 3.19. The molecule has 9 nitrogen and oxygen atoms in total. The van der Waals surface area contributed by atoms with Crippen LogP contribution in [0.2, 0.25) is 0 Å². The Morgan fingerprint density at radius 3 is 2.64 bits per heavy atom. The molecule has 1 fully saturated rings. The first-order valence-electron chi connectivity index (χ1n) is 14.3. The molecule has 45 heavy (non-hydrogen) atoms. The van der Waals surface area contributed by atoms with Gasteiger partial charge in [-0.2, -0.15) is 0 Å². The van der Waals surface area contributed by atoms with Crippen LogP contribution in [0.5, 0.6) is 0 Å². The Morgan fingerprint density at radius 1 is 0.956 bits per heavy atom. The molecule has 0 radical (unpaired) electrons. The molecular weight excluding hydrogens is 596 g/mol. The quantitative estimate of drug-likeness (QED) is 0.198. The number of nitrogens with one attached hydrogen (secondary N) is 2. The van der Waals surface area contributed by atoms with Gasteiger partial charge in [0.05, 0.1) is 31.0 Å². The van der Waals surface area contributed by atoms with Crippen LogP contribution in [0.25, 0.3) is 27.6 Å². The fourth-order valence-corrected chi connectivity index (χ4v) is 6.00. The van der Waals surface area contributed by atoms with E-state index in [0.29, 0.717) is 23.0 Å². The molecule has 0 aliphatic carbocycles. The smallest absolute Gasteiger partial charge is 0.228 e. The van der Waals surface area contributed by atoms with Gasteiger partial charge in [0.15, 0.2) is 4.96 Å². The molecule has 1 aliphatic rings. The lowest BCUT2D eigenvalue weighted by Crippen LogP contribution is -2.36. The van der Waals surface area contributed by atoms with Gasteiger partial charge in [0.1, 0.15) is 17.3 Å². The highest BCUT2D eigenvalue weighted by molar-refractivity contribution is 7.15. The van der Waals surface area contributed by atoms with Gasteiger partial charge in [-0.15, -0.1) is 11.3 Å². The normalized spacial score (nSPS) is 13.2. The highest BCUT2D eigenvalue weighted by Gasteiger charge is 2.20. The van der Waals surface area contributed by atoms with E-state index in [2.05, 4.69) is 32.7 Å². The lowest BCUT2D eigenvalue weighted by atomic mass is 10.1. The number of anilines is 4. The molecule has 6 aromatic rings. The molecule has 0 bridgehead atoms. The van der Waals surface area contributed by atoms with Crippen molar-refractivity contribution in [3.63, 3.8) is 0 Å². The molecule has 0 saturated carbocycles. The van der Waals surface area contributed by atoms with Gasteiger partial charge < -0.3 is 20.3 Å². The number of nitrogens with zero attached hydrogens (tertiary/aromatic N) is 5. The zero-order valence-corrected chi connectivity index (χ0v) is 24.7. The number of benzene rings is 3. The standard InChI is InChI=1S/C33H27F2N7O2S/c34-23-4-9-27(35)22(18-23)20-29(43)37-25-3-1-2-21(19-25)30-31(42-14-17-45-33(42)40-30)28-10-11-36-32(39-28)38-24-5-7-26(8-6-24)41-12-15-44-16-13-41/h1-11,14,17-19H,12-13,15-16,20H2,(H,37,43)(H,36,38,39). The third kappa shape index (κ3) is 6.24. The van der Waals surface area contributed by atoms with Gasteiger partial charge >= 0.3 is 0 Å². The third-order valence-electron chi connectivity index (χ3n) is 7.44. The van der Waals surface area contributed by atoms with Crippen LogP contribution < -0.4 is 15.5 Å². The summed E-state index contributed by atoms with van der Waals surface area (Å²) in [5.41, 5.74) is 5.35.